The first-order valence-corrected chi connectivity index (χ1v) is 13.9. The molecule has 2 unspecified atom stereocenters. The molecule has 2 aromatic heterocycles. The van der Waals surface area contributed by atoms with E-state index >= 15 is 0 Å². The Morgan fingerprint density at radius 2 is 1.93 bits per heavy atom. The van der Waals surface area contributed by atoms with Gasteiger partial charge in [-0.05, 0) is 42.7 Å². The van der Waals surface area contributed by atoms with Crippen LogP contribution in [0.2, 0.25) is 5.02 Å². The van der Waals surface area contributed by atoms with Crippen LogP contribution in [0.15, 0.2) is 42.6 Å². The lowest BCUT2D eigenvalue weighted by Gasteiger charge is -2.24. The van der Waals surface area contributed by atoms with Crippen molar-refractivity contribution in [2.24, 2.45) is 0 Å². The molecule has 0 N–H and O–H groups in total. The number of aryl methyl sites for hydroxylation is 1. The van der Waals surface area contributed by atoms with Gasteiger partial charge in [0.15, 0.2) is 11.5 Å². The summed E-state index contributed by atoms with van der Waals surface area (Å²) in [6.07, 6.45) is -1.73. The smallest absolute Gasteiger partial charge is 0.452 e. The molecular weight excluding hydrogens is 581 g/mol. The fourth-order valence-corrected chi connectivity index (χ4v) is 6.44. The molecule has 41 heavy (non-hydrogen) atoms. The maximum Gasteiger partial charge on any atom is 0.452 e. The van der Waals surface area contributed by atoms with E-state index in [9.17, 15) is 18.0 Å². The summed E-state index contributed by atoms with van der Waals surface area (Å²) in [5.41, 5.74) is 1.61. The summed E-state index contributed by atoms with van der Waals surface area (Å²) in [5.74, 6) is -1.22. The molecule has 0 fully saturated rings. The number of fused-ring (bicyclic) bond motifs is 3. The highest BCUT2D eigenvalue weighted by Crippen LogP contribution is 2.49. The molecule has 0 saturated carbocycles. The van der Waals surface area contributed by atoms with Crippen LogP contribution in [0.25, 0.3) is 5.69 Å². The van der Waals surface area contributed by atoms with Gasteiger partial charge in [-0.3, -0.25) is 9.36 Å². The number of halogens is 4. The number of methoxy groups -OCH3 is 3. The first kappa shape index (κ1) is 28.9. The summed E-state index contributed by atoms with van der Waals surface area (Å²) in [6, 6.07) is 10.3. The average molecular weight is 607 g/mol. The van der Waals surface area contributed by atoms with Crippen LogP contribution in [0.4, 0.5) is 13.2 Å². The zero-order chi connectivity index (χ0) is 29.3. The maximum atomic E-state index is 14.3. The molecule has 0 amide bonds. The topological polar surface area (TPSA) is 88.4 Å². The van der Waals surface area contributed by atoms with Crippen LogP contribution in [0.5, 0.6) is 11.5 Å². The SMILES string of the molecule is COC(=O)CCc1cnc(CC2CC(c3cccc(OC)c3OC)c3cc(Cl)ccc3-n3c2nnc3C(F)(F)F)s1. The molecule has 0 spiro atoms. The molecule has 13 heteroatoms. The fraction of sp³-hybridized carbons (Fsp3) is 0.357. The van der Waals surface area contributed by atoms with Gasteiger partial charge in [-0.2, -0.15) is 13.2 Å². The van der Waals surface area contributed by atoms with Crippen LogP contribution in [-0.4, -0.2) is 47.0 Å². The Morgan fingerprint density at radius 3 is 2.63 bits per heavy atom. The molecule has 3 heterocycles. The molecule has 1 aliphatic heterocycles. The highest BCUT2D eigenvalue weighted by molar-refractivity contribution is 7.11. The monoisotopic (exact) mass is 606 g/mol. The third-order valence-electron chi connectivity index (χ3n) is 7.07. The van der Waals surface area contributed by atoms with E-state index in [2.05, 4.69) is 15.2 Å². The molecule has 216 valence electrons. The second-order valence-electron chi connectivity index (χ2n) is 9.49. The van der Waals surface area contributed by atoms with Crippen molar-refractivity contribution < 1.29 is 32.2 Å². The maximum absolute atomic E-state index is 14.3. The van der Waals surface area contributed by atoms with Crippen molar-refractivity contribution in [2.75, 3.05) is 21.3 Å². The lowest BCUT2D eigenvalue weighted by molar-refractivity contribution is -0.146. The van der Waals surface area contributed by atoms with Crippen molar-refractivity contribution in [1.29, 1.82) is 0 Å². The van der Waals surface area contributed by atoms with Gasteiger partial charge in [-0.15, -0.1) is 21.5 Å². The molecule has 5 rings (SSSR count). The average Bonchev–Trinajstić information content (AvgIpc) is 3.58. The van der Waals surface area contributed by atoms with Gasteiger partial charge in [0.2, 0.25) is 5.82 Å². The molecule has 2 atom stereocenters. The van der Waals surface area contributed by atoms with Crippen LogP contribution in [0, 0.1) is 0 Å². The minimum Gasteiger partial charge on any atom is -0.493 e. The number of thiazole rings is 1. The van der Waals surface area contributed by atoms with Gasteiger partial charge in [0.1, 0.15) is 5.82 Å². The standard InChI is InChI=1S/C28H26ClF3N4O4S/c1-38-22-6-4-5-18(25(22)40-3)19-11-15(12-23-33-14-17(41-23)8-10-24(37)39-2)26-34-35-27(28(30,31)32)36(26)21-9-7-16(29)13-20(19)21/h4-7,9,13-15,19H,8,10-12H2,1-3H3. The number of benzene rings is 2. The lowest BCUT2D eigenvalue weighted by atomic mass is 9.82. The van der Waals surface area contributed by atoms with Crippen molar-refractivity contribution in [3.63, 3.8) is 0 Å². The van der Waals surface area contributed by atoms with Crippen molar-refractivity contribution in [2.45, 2.75) is 43.7 Å². The lowest BCUT2D eigenvalue weighted by Crippen LogP contribution is -2.16. The molecular formula is C28H26ClF3N4O4S. The third-order valence-corrected chi connectivity index (χ3v) is 8.38. The molecule has 0 bridgehead atoms. The van der Waals surface area contributed by atoms with E-state index in [1.807, 2.05) is 12.1 Å². The Balaban J connectivity index is 1.65. The zero-order valence-corrected chi connectivity index (χ0v) is 23.9. The van der Waals surface area contributed by atoms with E-state index in [1.54, 1.807) is 30.5 Å². The second kappa shape index (κ2) is 11.7. The third kappa shape index (κ3) is 5.76. The van der Waals surface area contributed by atoms with Crippen LogP contribution in [0.1, 0.15) is 57.3 Å². The van der Waals surface area contributed by atoms with Crippen molar-refractivity contribution in [3.05, 3.63) is 80.3 Å². The molecule has 0 saturated heterocycles. The Labute approximate surface area is 243 Å². The van der Waals surface area contributed by atoms with E-state index in [4.69, 9.17) is 25.8 Å². The van der Waals surface area contributed by atoms with Gasteiger partial charge in [0.25, 0.3) is 0 Å². The predicted molar refractivity (Wildman–Crippen MR) is 146 cm³/mol. The van der Waals surface area contributed by atoms with Gasteiger partial charge >= 0.3 is 12.1 Å². The predicted octanol–water partition coefficient (Wildman–Crippen LogP) is 6.38. The molecule has 8 nitrogen and oxygen atoms in total. The highest BCUT2D eigenvalue weighted by Gasteiger charge is 2.43. The Kier molecular flexibility index (Phi) is 8.23. The number of hydrogen-bond donors (Lipinski definition) is 0. The van der Waals surface area contributed by atoms with Gasteiger partial charge in [0, 0.05) is 39.9 Å². The van der Waals surface area contributed by atoms with Crippen molar-refractivity contribution in [3.8, 4) is 17.2 Å². The number of esters is 1. The Morgan fingerprint density at radius 1 is 1.12 bits per heavy atom. The fourth-order valence-electron chi connectivity index (χ4n) is 5.26. The summed E-state index contributed by atoms with van der Waals surface area (Å²) in [4.78, 5) is 17.0. The number of nitrogens with zero attached hydrogens (tertiary/aromatic N) is 4. The molecule has 1 aliphatic rings. The minimum atomic E-state index is -4.75. The van der Waals surface area contributed by atoms with Gasteiger partial charge in [-0.1, -0.05) is 23.7 Å². The van der Waals surface area contributed by atoms with Gasteiger partial charge in [-0.25, -0.2) is 4.98 Å². The zero-order valence-electron chi connectivity index (χ0n) is 22.4. The normalized spacial score (nSPS) is 16.5. The van der Waals surface area contributed by atoms with Gasteiger partial charge in [0.05, 0.1) is 38.4 Å². The van der Waals surface area contributed by atoms with Crippen LogP contribution in [0.3, 0.4) is 0 Å². The first-order valence-electron chi connectivity index (χ1n) is 12.7. The Bertz CT molecular complexity index is 1570. The van der Waals surface area contributed by atoms with E-state index in [0.29, 0.717) is 46.4 Å². The largest absolute Gasteiger partial charge is 0.493 e. The number of carbonyl (C=O) groups is 1. The number of carbonyl (C=O) groups excluding carboxylic acids is 1. The molecule has 0 aliphatic carbocycles. The summed E-state index contributed by atoms with van der Waals surface area (Å²) in [5, 5.41) is 8.76. The van der Waals surface area contributed by atoms with Crippen molar-refractivity contribution in [1.82, 2.24) is 19.7 Å². The number of ether oxygens (including phenoxy) is 3. The summed E-state index contributed by atoms with van der Waals surface area (Å²) < 4.78 is 59.8. The van der Waals surface area contributed by atoms with E-state index in [0.717, 1.165) is 15.0 Å². The van der Waals surface area contributed by atoms with Crippen LogP contribution >= 0.6 is 22.9 Å². The number of alkyl halides is 3. The minimum absolute atomic E-state index is 0.177. The Hall–Kier alpha value is -3.64. The highest BCUT2D eigenvalue weighted by atomic mass is 35.5. The summed E-state index contributed by atoms with van der Waals surface area (Å²) in [7, 11) is 4.38. The summed E-state index contributed by atoms with van der Waals surface area (Å²) >= 11 is 7.82. The van der Waals surface area contributed by atoms with E-state index in [-0.39, 0.29) is 23.9 Å². The molecule has 0 radical (unpaired) electrons. The number of hydrogen-bond acceptors (Lipinski definition) is 8. The number of para-hydroxylation sites is 1. The second-order valence-corrected chi connectivity index (χ2v) is 11.1. The van der Waals surface area contributed by atoms with E-state index in [1.165, 1.54) is 32.7 Å². The van der Waals surface area contributed by atoms with Crippen molar-refractivity contribution >= 4 is 28.9 Å². The van der Waals surface area contributed by atoms with Gasteiger partial charge < -0.3 is 14.2 Å². The molecule has 4 aromatic rings. The molecule has 2 aromatic carbocycles. The summed E-state index contributed by atoms with van der Waals surface area (Å²) in [6.45, 7) is 0. The van der Waals surface area contributed by atoms with E-state index < -0.39 is 23.8 Å². The first-order chi connectivity index (χ1) is 19.6. The number of rotatable bonds is 8. The number of aromatic nitrogens is 4. The van der Waals surface area contributed by atoms with Crippen LogP contribution < -0.4 is 9.47 Å². The quantitative estimate of drug-likeness (QED) is 0.215. The van der Waals surface area contributed by atoms with Crippen LogP contribution in [-0.2, 0) is 28.5 Å².